The maximum absolute atomic E-state index is 5.24. The Morgan fingerprint density at radius 2 is 2.06 bits per heavy atom. The normalized spacial score (nSPS) is 9.44. The lowest BCUT2D eigenvalue weighted by atomic mass is 10.2. The average molecular weight is 240 g/mol. The first-order valence-corrected chi connectivity index (χ1v) is 5.39. The van der Waals surface area contributed by atoms with Crippen molar-refractivity contribution in [2.24, 2.45) is 0 Å². The van der Waals surface area contributed by atoms with Crippen LogP contribution >= 0.6 is 12.2 Å². The van der Waals surface area contributed by atoms with Gasteiger partial charge in [0.2, 0.25) is 0 Å². The number of ether oxygens (including phenoxy) is 2. The lowest BCUT2D eigenvalue weighted by molar-refractivity contribution is 0.395. The highest BCUT2D eigenvalue weighted by Crippen LogP contribution is 2.28. The van der Waals surface area contributed by atoms with Gasteiger partial charge in [-0.05, 0) is 31.3 Å². The van der Waals surface area contributed by atoms with Crippen molar-refractivity contribution in [1.29, 1.82) is 0 Å². The van der Waals surface area contributed by atoms with E-state index in [9.17, 15) is 0 Å². The van der Waals surface area contributed by atoms with Crippen molar-refractivity contribution >= 4 is 23.0 Å². The van der Waals surface area contributed by atoms with Gasteiger partial charge in [0.15, 0.2) is 5.11 Å². The van der Waals surface area contributed by atoms with Crippen LogP contribution in [0.2, 0.25) is 0 Å². The average Bonchev–Trinajstić information content (AvgIpc) is 2.30. The van der Waals surface area contributed by atoms with Gasteiger partial charge in [-0.25, -0.2) is 0 Å². The predicted molar refractivity (Wildman–Crippen MR) is 69.4 cm³/mol. The highest BCUT2D eigenvalue weighted by molar-refractivity contribution is 7.80. The second-order valence-corrected chi connectivity index (χ2v) is 3.46. The van der Waals surface area contributed by atoms with Crippen molar-refractivity contribution in [3.8, 4) is 11.5 Å². The smallest absolute Gasteiger partial charge is 0.170 e. The number of thiocarbonyl (C=S) groups is 1. The van der Waals surface area contributed by atoms with Gasteiger partial charge in [0.05, 0.1) is 19.9 Å². The van der Waals surface area contributed by atoms with Crippen molar-refractivity contribution in [3.63, 3.8) is 0 Å². The molecule has 0 atom stereocenters. The predicted octanol–water partition coefficient (Wildman–Crippen LogP) is 2.01. The molecule has 0 spiro atoms. The van der Waals surface area contributed by atoms with Crippen LogP contribution in [-0.4, -0.2) is 25.9 Å². The van der Waals surface area contributed by atoms with Crippen LogP contribution in [0.15, 0.2) is 18.2 Å². The standard InChI is InChI=1S/C11H16N2O2S/c1-4-12-11(16)13-9-6-5-8(14-2)7-10(9)15-3/h5-7H,4H2,1-3H3,(H2,12,13,16). The first-order chi connectivity index (χ1) is 7.71. The van der Waals surface area contributed by atoms with Crippen molar-refractivity contribution in [1.82, 2.24) is 5.32 Å². The number of nitrogens with one attached hydrogen (secondary N) is 2. The van der Waals surface area contributed by atoms with Crippen molar-refractivity contribution in [2.75, 3.05) is 26.1 Å². The fourth-order valence-electron chi connectivity index (χ4n) is 1.23. The fourth-order valence-corrected chi connectivity index (χ4v) is 1.48. The molecule has 1 aromatic rings. The third kappa shape index (κ3) is 3.27. The van der Waals surface area contributed by atoms with Crippen molar-refractivity contribution in [2.45, 2.75) is 6.92 Å². The molecule has 0 bridgehead atoms. The van der Waals surface area contributed by atoms with E-state index in [4.69, 9.17) is 21.7 Å². The number of rotatable bonds is 4. The number of benzene rings is 1. The lowest BCUT2D eigenvalue weighted by Crippen LogP contribution is -2.28. The molecule has 1 rings (SSSR count). The molecule has 0 radical (unpaired) electrons. The van der Waals surface area contributed by atoms with Crippen LogP contribution in [0.1, 0.15) is 6.92 Å². The van der Waals surface area contributed by atoms with Crippen molar-refractivity contribution < 1.29 is 9.47 Å². The van der Waals surface area contributed by atoms with Crippen LogP contribution in [-0.2, 0) is 0 Å². The second kappa shape index (κ2) is 6.17. The molecule has 0 aliphatic rings. The molecule has 4 nitrogen and oxygen atoms in total. The Hall–Kier alpha value is -1.49. The van der Waals surface area contributed by atoms with Crippen LogP contribution in [0.4, 0.5) is 5.69 Å². The van der Waals surface area contributed by atoms with E-state index in [2.05, 4.69) is 10.6 Å². The Bertz CT molecular complexity index is 369. The third-order valence-corrected chi connectivity index (χ3v) is 2.24. The van der Waals surface area contributed by atoms with E-state index in [1.54, 1.807) is 20.3 Å². The molecule has 0 aliphatic heterocycles. The number of anilines is 1. The zero-order chi connectivity index (χ0) is 12.0. The minimum absolute atomic E-state index is 0.575. The lowest BCUT2D eigenvalue weighted by Gasteiger charge is -2.13. The summed E-state index contributed by atoms with van der Waals surface area (Å²) in [7, 11) is 3.22. The zero-order valence-electron chi connectivity index (χ0n) is 9.66. The van der Waals surface area contributed by atoms with Gasteiger partial charge in [-0.2, -0.15) is 0 Å². The van der Waals surface area contributed by atoms with E-state index in [1.807, 2.05) is 19.1 Å². The molecule has 0 aliphatic carbocycles. The first-order valence-electron chi connectivity index (χ1n) is 4.98. The van der Waals surface area contributed by atoms with Gasteiger partial charge in [0.25, 0.3) is 0 Å². The van der Waals surface area contributed by atoms with Crippen LogP contribution in [0.5, 0.6) is 11.5 Å². The summed E-state index contributed by atoms with van der Waals surface area (Å²) < 4.78 is 10.3. The van der Waals surface area contributed by atoms with Crippen LogP contribution in [0, 0.1) is 0 Å². The summed E-state index contributed by atoms with van der Waals surface area (Å²) in [5, 5.41) is 6.64. The Balaban J connectivity index is 2.83. The topological polar surface area (TPSA) is 42.5 Å². The molecule has 0 fully saturated rings. The Morgan fingerprint density at radius 3 is 2.62 bits per heavy atom. The quantitative estimate of drug-likeness (QED) is 0.788. The summed E-state index contributed by atoms with van der Waals surface area (Å²) in [5.74, 6) is 1.44. The maximum Gasteiger partial charge on any atom is 0.170 e. The molecule has 0 aromatic heterocycles. The second-order valence-electron chi connectivity index (χ2n) is 3.05. The summed E-state index contributed by atoms with van der Waals surface area (Å²) in [6.45, 7) is 2.77. The molecule has 0 unspecified atom stereocenters. The van der Waals surface area contributed by atoms with Crippen LogP contribution < -0.4 is 20.1 Å². The molecule has 0 amide bonds. The molecule has 16 heavy (non-hydrogen) atoms. The third-order valence-electron chi connectivity index (χ3n) is 1.99. The van der Waals surface area contributed by atoms with E-state index < -0.39 is 0 Å². The van der Waals surface area contributed by atoms with E-state index >= 15 is 0 Å². The van der Waals surface area contributed by atoms with Gasteiger partial charge in [-0.15, -0.1) is 0 Å². The van der Waals surface area contributed by atoms with E-state index in [0.717, 1.165) is 18.0 Å². The number of hydrogen-bond donors (Lipinski definition) is 2. The van der Waals surface area contributed by atoms with Gasteiger partial charge >= 0.3 is 0 Å². The highest BCUT2D eigenvalue weighted by atomic mass is 32.1. The Morgan fingerprint density at radius 1 is 1.31 bits per heavy atom. The molecular formula is C11H16N2O2S. The molecule has 0 saturated heterocycles. The largest absolute Gasteiger partial charge is 0.497 e. The van der Waals surface area contributed by atoms with Gasteiger partial charge < -0.3 is 20.1 Å². The minimum atomic E-state index is 0.575. The molecular weight excluding hydrogens is 224 g/mol. The Kier molecular flexibility index (Phi) is 4.85. The van der Waals surface area contributed by atoms with Crippen LogP contribution in [0.25, 0.3) is 0 Å². The van der Waals surface area contributed by atoms with Gasteiger partial charge in [-0.3, -0.25) is 0 Å². The summed E-state index contributed by atoms with van der Waals surface area (Å²) in [6, 6.07) is 5.51. The van der Waals surface area contributed by atoms with E-state index in [-0.39, 0.29) is 0 Å². The SMILES string of the molecule is CCNC(=S)Nc1ccc(OC)cc1OC. The number of hydrogen-bond acceptors (Lipinski definition) is 3. The molecule has 88 valence electrons. The number of methoxy groups -OCH3 is 2. The van der Waals surface area contributed by atoms with Crippen LogP contribution in [0.3, 0.4) is 0 Å². The summed E-state index contributed by atoms with van der Waals surface area (Å²) >= 11 is 5.09. The maximum atomic E-state index is 5.24. The fraction of sp³-hybridized carbons (Fsp3) is 0.364. The molecule has 1 aromatic carbocycles. The van der Waals surface area contributed by atoms with E-state index in [0.29, 0.717) is 10.9 Å². The monoisotopic (exact) mass is 240 g/mol. The minimum Gasteiger partial charge on any atom is -0.497 e. The zero-order valence-corrected chi connectivity index (χ0v) is 10.5. The highest BCUT2D eigenvalue weighted by Gasteiger charge is 2.05. The summed E-state index contributed by atoms with van der Waals surface area (Å²) in [4.78, 5) is 0. The van der Waals surface area contributed by atoms with Gasteiger partial charge in [-0.1, -0.05) is 0 Å². The molecule has 2 N–H and O–H groups in total. The molecule has 0 saturated carbocycles. The van der Waals surface area contributed by atoms with Crippen molar-refractivity contribution in [3.05, 3.63) is 18.2 Å². The molecule has 0 heterocycles. The molecule has 5 heteroatoms. The van der Waals surface area contributed by atoms with E-state index in [1.165, 1.54) is 0 Å². The summed E-state index contributed by atoms with van der Waals surface area (Å²) in [5.41, 5.74) is 0.814. The van der Waals surface area contributed by atoms with Gasteiger partial charge in [0, 0.05) is 12.6 Å². The van der Waals surface area contributed by atoms with Gasteiger partial charge in [0.1, 0.15) is 11.5 Å². The first kappa shape index (κ1) is 12.6. The summed E-state index contributed by atoms with van der Waals surface area (Å²) in [6.07, 6.45) is 0. The Labute approximate surface area is 101 Å².